The summed E-state index contributed by atoms with van der Waals surface area (Å²) in [7, 11) is 0. The van der Waals surface area contributed by atoms with Gasteiger partial charge >= 0.3 is 0 Å². The molecule has 0 radical (unpaired) electrons. The Hall–Kier alpha value is -2.48. The molecule has 0 aliphatic rings. The summed E-state index contributed by atoms with van der Waals surface area (Å²) in [6.45, 7) is 0. The summed E-state index contributed by atoms with van der Waals surface area (Å²) >= 11 is 7.28. The van der Waals surface area contributed by atoms with Crippen LogP contribution in [-0.4, -0.2) is 4.98 Å². The molecule has 0 saturated heterocycles. The van der Waals surface area contributed by atoms with Gasteiger partial charge in [-0.1, -0.05) is 35.9 Å². The Morgan fingerprint density at radius 1 is 1.13 bits per heavy atom. The average Bonchev–Trinajstić information content (AvgIpc) is 3.05. The van der Waals surface area contributed by atoms with Crippen molar-refractivity contribution in [1.29, 1.82) is 5.26 Å². The highest BCUT2D eigenvalue weighted by molar-refractivity contribution is 7.11. The summed E-state index contributed by atoms with van der Waals surface area (Å²) in [5.74, 6) is -0.306. The van der Waals surface area contributed by atoms with Crippen molar-refractivity contribution in [3.05, 3.63) is 75.3 Å². The van der Waals surface area contributed by atoms with Crippen molar-refractivity contribution in [3.63, 3.8) is 0 Å². The van der Waals surface area contributed by atoms with Gasteiger partial charge in [0.15, 0.2) is 0 Å². The lowest BCUT2D eigenvalue weighted by molar-refractivity contribution is 0.628. The lowest BCUT2D eigenvalue weighted by Gasteiger charge is -1.97. The second kappa shape index (κ2) is 6.74. The smallest absolute Gasteiger partial charge is 0.134 e. The lowest BCUT2D eigenvalue weighted by Crippen LogP contribution is -1.83. The molecule has 0 fully saturated rings. The van der Waals surface area contributed by atoms with Crippen molar-refractivity contribution >= 4 is 34.6 Å². The Morgan fingerprint density at radius 2 is 1.83 bits per heavy atom. The van der Waals surface area contributed by atoms with Gasteiger partial charge in [-0.2, -0.15) is 5.26 Å². The van der Waals surface area contributed by atoms with Gasteiger partial charge in [0.2, 0.25) is 0 Å². The maximum atomic E-state index is 12.9. The van der Waals surface area contributed by atoms with Gasteiger partial charge < -0.3 is 0 Å². The average molecular weight is 341 g/mol. The molecule has 1 aromatic heterocycles. The number of nitriles is 1. The van der Waals surface area contributed by atoms with Crippen molar-refractivity contribution in [2.75, 3.05) is 0 Å². The van der Waals surface area contributed by atoms with Crippen molar-refractivity contribution in [1.82, 2.24) is 4.98 Å². The maximum Gasteiger partial charge on any atom is 0.134 e. The van der Waals surface area contributed by atoms with Crippen LogP contribution in [0.4, 0.5) is 4.39 Å². The largest absolute Gasteiger partial charge is 0.235 e. The van der Waals surface area contributed by atoms with Gasteiger partial charge in [0, 0.05) is 16.0 Å². The van der Waals surface area contributed by atoms with E-state index in [-0.39, 0.29) is 5.82 Å². The van der Waals surface area contributed by atoms with Crippen molar-refractivity contribution in [2.45, 2.75) is 0 Å². The molecule has 0 atom stereocenters. The molecule has 3 rings (SSSR count). The second-order valence-electron chi connectivity index (χ2n) is 4.77. The van der Waals surface area contributed by atoms with E-state index in [0.29, 0.717) is 15.6 Å². The molecule has 0 N–H and O–H groups in total. The van der Waals surface area contributed by atoms with Crippen LogP contribution in [0.2, 0.25) is 5.02 Å². The quantitative estimate of drug-likeness (QED) is 0.576. The Morgan fingerprint density at radius 3 is 2.48 bits per heavy atom. The molecule has 0 aliphatic heterocycles. The predicted octanol–water partition coefficient (Wildman–Crippen LogP) is 5.67. The van der Waals surface area contributed by atoms with Crippen molar-refractivity contribution in [2.24, 2.45) is 0 Å². The summed E-state index contributed by atoms with van der Waals surface area (Å²) < 4.78 is 12.9. The first-order valence-electron chi connectivity index (χ1n) is 6.75. The Labute approximate surface area is 142 Å². The Kier molecular flexibility index (Phi) is 4.52. The molecule has 0 bridgehead atoms. The fourth-order valence-corrected chi connectivity index (χ4v) is 2.94. The zero-order valence-electron chi connectivity index (χ0n) is 11.8. The highest BCUT2D eigenvalue weighted by Crippen LogP contribution is 2.27. The van der Waals surface area contributed by atoms with Gasteiger partial charge in [-0.3, -0.25) is 0 Å². The van der Waals surface area contributed by atoms with Crippen LogP contribution in [0.25, 0.3) is 22.9 Å². The van der Waals surface area contributed by atoms with Gasteiger partial charge in [0.1, 0.15) is 16.9 Å². The molecule has 0 aliphatic carbocycles. The number of aromatic nitrogens is 1. The first-order chi connectivity index (χ1) is 11.2. The summed E-state index contributed by atoms with van der Waals surface area (Å²) in [5.41, 5.74) is 2.94. The fourth-order valence-electron chi connectivity index (χ4n) is 2.02. The highest BCUT2D eigenvalue weighted by atomic mass is 35.5. The summed E-state index contributed by atoms with van der Waals surface area (Å²) in [4.78, 5) is 4.51. The first-order valence-corrected chi connectivity index (χ1v) is 8.00. The third kappa shape index (κ3) is 3.65. The lowest BCUT2D eigenvalue weighted by atomic mass is 10.1. The predicted molar refractivity (Wildman–Crippen MR) is 92.4 cm³/mol. The molecule has 112 valence electrons. The van der Waals surface area contributed by atoms with Gasteiger partial charge in [0.05, 0.1) is 11.3 Å². The minimum atomic E-state index is -0.306. The zero-order valence-corrected chi connectivity index (χ0v) is 13.4. The van der Waals surface area contributed by atoms with Crippen LogP contribution in [0.5, 0.6) is 0 Å². The van der Waals surface area contributed by atoms with E-state index in [0.717, 1.165) is 16.8 Å². The summed E-state index contributed by atoms with van der Waals surface area (Å²) in [6, 6.07) is 15.5. The van der Waals surface area contributed by atoms with E-state index in [1.807, 2.05) is 17.5 Å². The van der Waals surface area contributed by atoms with Crippen LogP contribution >= 0.6 is 22.9 Å². The number of thiazole rings is 1. The molecule has 0 amide bonds. The SMILES string of the molecule is N#C/C(=C\c1ccc(F)cc1)c1nc(-c2ccc(Cl)cc2)cs1. The zero-order chi connectivity index (χ0) is 16.2. The van der Waals surface area contributed by atoms with E-state index in [1.165, 1.54) is 23.5 Å². The number of allylic oxidation sites excluding steroid dienone is 1. The standard InChI is InChI=1S/C18H10ClFN2S/c19-15-5-3-13(4-6-15)17-11-23-18(22-17)14(10-21)9-12-1-7-16(20)8-2-12/h1-9,11H/b14-9+. The molecule has 2 nitrogen and oxygen atoms in total. The number of nitrogens with zero attached hydrogens (tertiary/aromatic N) is 2. The highest BCUT2D eigenvalue weighted by Gasteiger charge is 2.09. The normalized spacial score (nSPS) is 11.3. The molecule has 1 heterocycles. The molecule has 0 saturated carbocycles. The molecule has 23 heavy (non-hydrogen) atoms. The summed E-state index contributed by atoms with van der Waals surface area (Å²) in [5, 5.41) is 12.6. The van der Waals surface area contributed by atoms with Crippen LogP contribution in [-0.2, 0) is 0 Å². The Bertz CT molecular complexity index is 890. The number of hydrogen-bond donors (Lipinski definition) is 0. The third-order valence-corrected chi connectivity index (χ3v) is 4.30. The third-order valence-electron chi connectivity index (χ3n) is 3.18. The second-order valence-corrected chi connectivity index (χ2v) is 6.06. The van der Waals surface area contributed by atoms with Crippen LogP contribution in [0, 0.1) is 17.1 Å². The van der Waals surface area contributed by atoms with Crippen LogP contribution in [0.15, 0.2) is 53.9 Å². The molecule has 0 spiro atoms. The first kappa shape index (κ1) is 15.4. The fraction of sp³-hybridized carbons (Fsp3) is 0. The van der Waals surface area contributed by atoms with Crippen LogP contribution < -0.4 is 0 Å². The van der Waals surface area contributed by atoms with Gasteiger partial charge in [-0.05, 0) is 35.9 Å². The van der Waals surface area contributed by atoms with E-state index in [1.54, 1.807) is 30.3 Å². The molecule has 0 unspecified atom stereocenters. The monoisotopic (exact) mass is 340 g/mol. The van der Waals surface area contributed by atoms with E-state index in [4.69, 9.17) is 11.6 Å². The molecular weight excluding hydrogens is 331 g/mol. The van der Waals surface area contributed by atoms with Gasteiger partial charge in [0.25, 0.3) is 0 Å². The number of benzene rings is 2. The van der Waals surface area contributed by atoms with Crippen LogP contribution in [0.1, 0.15) is 10.6 Å². The molecule has 2 aromatic carbocycles. The van der Waals surface area contributed by atoms with E-state index in [9.17, 15) is 9.65 Å². The minimum absolute atomic E-state index is 0.306. The van der Waals surface area contributed by atoms with Crippen molar-refractivity contribution in [3.8, 4) is 17.3 Å². The molecule has 5 heteroatoms. The number of halogens is 2. The molecule has 3 aromatic rings. The number of hydrogen-bond acceptors (Lipinski definition) is 3. The van der Waals surface area contributed by atoms with Gasteiger partial charge in [-0.15, -0.1) is 11.3 Å². The topological polar surface area (TPSA) is 36.7 Å². The molecular formula is C18H10ClFN2S. The van der Waals surface area contributed by atoms with Gasteiger partial charge in [-0.25, -0.2) is 9.37 Å². The van der Waals surface area contributed by atoms with Crippen molar-refractivity contribution < 1.29 is 4.39 Å². The summed E-state index contributed by atoms with van der Waals surface area (Å²) in [6.07, 6.45) is 1.70. The number of rotatable bonds is 3. The Balaban J connectivity index is 1.92. The minimum Gasteiger partial charge on any atom is -0.235 e. The van der Waals surface area contributed by atoms with E-state index < -0.39 is 0 Å². The van der Waals surface area contributed by atoms with E-state index in [2.05, 4.69) is 11.1 Å². The van der Waals surface area contributed by atoms with E-state index >= 15 is 0 Å². The van der Waals surface area contributed by atoms with Crippen LogP contribution in [0.3, 0.4) is 0 Å². The maximum absolute atomic E-state index is 12.9.